The molecular weight excluding hydrogens is 280 g/mol. The molecule has 0 aromatic heterocycles. The maximum Gasteiger partial charge on any atom is 0.303 e. The molecule has 0 fully saturated rings. The molecule has 0 amide bonds. The van der Waals surface area contributed by atoms with Crippen molar-refractivity contribution in [1.29, 1.82) is 0 Å². The van der Waals surface area contributed by atoms with Gasteiger partial charge in [-0.15, -0.1) is 0 Å². The van der Waals surface area contributed by atoms with Gasteiger partial charge in [0.05, 0.1) is 25.9 Å². The van der Waals surface area contributed by atoms with E-state index in [1.807, 2.05) is 0 Å². The lowest BCUT2D eigenvalue weighted by Gasteiger charge is -1.96. The third-order valence-corrected chi connectivity index (χ3v) is 2.18. The predicted molar refractivity (Wildman–Crippen MR) is 80.0 cm³/mol. The van der Waals surface area contributed by atoms with E-state index in [0.29, 0.717) is 6.42 Å². The molecule has 0 aliphatic rings. The van der Waals surface area contributed by atoms with Crippen LogP contribution in [0.5, 0.6) is 0 Å². The molecule has 0 heterocycles. The van der Waals surface area contributed by atoms with E-state index in [9.17, 15) is 4.79 Å². The van der Waals surface area contributed by atoms with Gasteiger partial charge >= 0.3 is 5.97 Å². The molecule has 0 spiro atoms. The largest absolute Gasteiger partial charge is 0.481 e. The van der Waals surface area contributed by atoms with Crippen LogP contribution in [-0.4, -0.2) is 68.6 Å². The molecule has 1 unspecified atom stereocenters. The number of aliphatic hydroxyl groups excluding tert-OH is 5. The Kier molecular flexibility index (Phi) is 25.9. The van der Waals surface area contributed by atoms with Gasteiger partial charge < -0.3 is 30.6 Å². The lowest BCUT2D eigenvalue weighted by atomic mass is 10.1. The summed E-state index contributed by atoms with van der Waals surface area (Å²) >= 11 is 0. The van der Waals surface area contributed by atoms with Crippen LogP contribution in [0, 0.1) is 0 Å². The summed E-state index contributed by atoms with van der Waals surface area (Å²) in [7, 11) is 0. The highest BCUT2D eigenvalue weighted by Crippen LogP contribution is 2.04. The molecule has 0 saturated carbocycles. The number of hydrogen-bond acceptors (Lipinski definition) is 6. The number of carbonyl (C=O) groups is 1. The monoisotopic (exact) mass is 312 g/mol. The number of aliphatic carboxylic acids is 1. The molecule has 7 heteroatoms. The van der Waals surface area contributed by atoms with E-state index < -0.39 is 18.2 Å². The molecule has 0 aromatic carbocycles. The molecule has 0 bridgehead atoms. The lowest BCUT2D eigenvalue weighted by Crippen LogP contribution is -2.15. The number of carboxylic acid groups (broad SMARTS) is 1. The minimum absolute atomic E-state index is 0.139. The van der Waals surface area contributed by atoms with Crippen molar-refractivity contribution < 1.29 is 35.4 Å². The summed E-state index contributed by atoms with van der Waals surface area (Å²) in [6.07, 6.45) is 4.37. The smallest absolute Gasteiger partial charge is 0.303 e. The zero-order valence-corrected chi connectivity index (χ0v) is 13.1. The lowest BCUT2D eigenvalue weighted by molar-refractivity contribution is -0.137. The molecule has 7 nitrogen and oxygen atoms in total. The van der Waals surface area contributed by atoms with Gasteiger partial charge in [-0.05, 0) is 13.3 Å². The molecule has 0 saturated heterocycles. The summed E-state index contributed by atoms with van der Waals surface area (Å²) in [5.41, 5.74) is 0. The Hall–Kier alpha value is -0.730. The second-order valence-electron chi connectivity index (χ2n) is 4.61. The van der Waals surface area contributed by atoms with Crippen molar-refractivity contribution in [2.45, 2.75) is 64.6 Å². The first-order valence-corrected chi connectivity index (χ1v) is 7.26. The van der Waals surface area contributed by atoms with Gasteiger partial charge in [0, 0.05) is 6.42 Å². The van der Waals surface area contributed by atoms with E-state index in [0.717, 1.165) is 12.8 Å². The summed E-state index contributed by atoms with van der Waals surface area (Å²) in [4.78, 5) is 10.0. The number of aliphatic hydroxyl groups is 5. The molecule has 0 aliphatic heterocycles. The fraction of sp³-hybridized carbons (Fsp3) is 0.929. The number of rotatable bonds is 9. The van der Waals surface area contributed by atoms with Crippen LogP contribution in [0.2, 0.25) is 0 Å². The van der Waals surface area contributed by atoms with Crippen molar-refractivity contribution in [3.63, 3.8) is 0 Å². The highest BCUT2D eigenvalue weighted by Gasteiger charge is 1.95. The second-order valence-corrected chi connectivity index (χ2v) is 4.61. The number of hydrogen-bond donors (Lipinski definition) is 6. The van der Waals surface area contributed by atoms with Crippen molar-refractivity contribution in [3.8, 4) is 0 Å². The first-order chi connectivity index (χ1) is 9.85. The van der Waals surface area contributed by atoms with Crippen LogP contribution in [0.15, 0.2) is 0 Å². The first kappa shape index (κ1) is 25.2. The van der Waals surface area contributed by atoms with Crippen molar-refractivity contribution in [1.82, 2.24) is 0 Å². The summed E-state index contributed by atoms with van der Waals surface area (Å²) in [6, 6.07) is 0. The van der Waals surface area contributed by atoms with Crippen LogP contribution in [0.1, 0.15) is 52.4 Å². The van der Waals surface area contributed by atoms with Gasteiger partial charge in [-0.2, -0.15) is 0 Å². The SMILES string of the molecule is CC(O)CO.CCCCCCCC(=O)O.OCC(O)CO. The van der Waals surface area contributed by atoms with Gasteiger partial charge in [0.15, 0.2) is 0 Å². The topological polar surface area (TPSA) is 138 Å². The van der Waals surface area contributed by atoms with Gasteiger partial charge in [0.1, 0.15) is 6.10 Å². The molecular formula is C14H32O7. The standard InChI is InChI=1S/C8H16O2.C3H8O3.C3H8O2/c1-2-3-4-5-6-7-8(9)10;4-1-3(6)2-5;1-3(5)2-4/h2-7H2,1H3,(H,9,10);3-6H,1-2H2;3-5H,2H2,1H3. The van der Waals surface area contributed by atoms with E-state index in [1.165, 1.54) is 26.2 Å². The maximum absolute atomic E-state index is 10.0. The van der Waals surface area contributed by atoms with E-state index in [1.54, 1.807) is 0 Å². The third-order valence-electron chi connectivity index (χ3n) is 2.18. The summed E-state index contributed by atoms with van der Waals surface area (Å²) in [5.74, 6) is -0.670. The Morgan fingerprint density at radius 2 is 1.33 bits per heavy atom. The van der Waals surface area contributed by atoms with Gasteiger partial charge in [-0.25, -0.2) is 0 Å². The molecule has 1 atom stereocenters. The fourth-order valence-electron chi connectivity index (χ4n) is 0.938. The first-order valence-electron chi connectivity index (χ1n) is 7.26. The highest BCUT2D eigenvalue weighted by molar-refractivity contribution is 5.66. The molecule has 0 aliphatic carbocycles. The molecule has 6 N–H and O–H groups in total. The van der Waals surface area contributed by atoms with Crippen LogP contribution >= 0.6 is 0 Å². The van der Waals surface area contributed by atoms with Crippen LogP contribution in [0.25, 0.3) is 0 Å². The quantitative estimate of drug-likeness (QED) is 0.332. The Bertz CT molecular complexity index is 194. The molecule has 0 rings (SSSR count). The van der Waals surface area contributed by atoms with Crippen molar-refractivity contribution in [2.24, 2.45) is 0 Å². The van der Waals surface area contributed by atoms with E-state index in [2.05, 4.69) is 6.92 Å². The van der Waals surface area contributed by atoms with Crippen molar-refractivity contribution >= 4 is 5.97 Å². The second kappa shape index (κ2) is 21.6. The Labute approximate surface area is 126 Å². The van der Waals surface area contributed by atoms with Crippen LogP contribution < -0.4 is 0 Å². The molecule has 130 valence electrons. The maximum atomic E-state index is 10.0. The average molecular weight is 312 g/mol. The average Bonchev–Trinajstić information content (AvgIpc) is 2.47. The van der Waals surface area contributed by atoms with Gasteiger partial charge in [0.25, 0.3) is 0 Å². The minimum Gasteiger partial charge on any atom is -0.481 e. The van der Waals surface area contributed by atoms with Crippen molar-refractivity contribution in [3.05, 3.63) is 0 Å². The predicted octanol–water partition coefficient (Wildman–Crippen LogP) is 0.123. The minimum atomic E-state index is -0.954. The fourth-order valence-corrected chi connectivity index (χ4v) is 0.938. The summed E-state index contributed by atoms with van der Waals surface area (Å²) in [6.45, 7) is 2.81. The normalized spacial score (nSPS) is 11.0. The van der Waals surface area contributed by atoms with E-state index in [-0.39, 0.29) is 19.8 Å². The Balaban J connectivity index is -0.000000252. The molecule has 21 heavy (non-hydrogen) atoms. The molecule has 0 radical (unpaired) electrons. The van der Waals surface area contributed by atoms with E-state index in [4.69, 9.17) is 30.6 Å². The third kappa shape index (κ3) is 38.2. The van der Waals surface area contributed by atoms with Crippen LogP contribution in [-0.2, 0) is 4.79 Å². The summed E-state index contributed by atoms with van der Waals surface area (Å²) in [5, 5.41) is 48.3. The zero-order chi connectivity index (χ0) is 17.1. The van der Waals surface area contributed by atoms with Gasteiger partial charge in [-0.1, -0.05) is 32.6 Å². The van der Waals surface area contributed by atoms with Crippen LogP contribution in [0.4, 0.5) is 0 Å². The number of unbranched alkanes of at least 4 members (excludes halogenated alkanes) is 4. The van der Waals surface area contributed by atoms with Crippen LogP contribution in [0.3, 0.4) is 0 Å². The Morgan fingerprint density at radius 3 is 1.57 bits per heavy atom. The highest BCUT2D eigenvalue weighted by atomic mass is 16.4. The van der Waals surface area contributed by atoms with Crippen molar-refractivity contribution in [2.75, 3.05) is 19.8 Å². The van der Waals surface area contributed by atoms with Gasteiger partial charge in [-0.3, -0.25) is 4.79 Å². The zero-order valence-electron chi connectivity index (χ0n) is 13.1. The number of carboxylic acids is 1. The van der Waals surface area contributed by atoms with Gasteiger partial charge in [0.2, 0.25) is 0 Å². The summed E-state index contributed by atoms with van der Waals surface area (Å²) < 4.78 is 0. The molecule has 0 aromatic rings. The van der Waals surface area contributed by atoms with E-state index >= 15 is 0 Å². The Morgan fingerprint density at radius 1 is 0.905 bits per heavy atom.